The molecule has 0 fully saturated rings. The Balaban J connectivity index is 2.08. The fourth-order valence-electron chi connectivity index (χ4n) is 1.55. The van der Waals surface area contributed by atoms with Gasteiger partial charge in [0.2, 0.25) is 0 Å². The molecule has 0 aliphatic heterocycles. The van der Waals surface area contributed by atoms with Gasteiger partial charge in [0.1, 0.15) is 12.4 Å². The van der Waals surface area contributed by atoms with E-state index in [-0.39, 0.29) is 17.9 Å². The molecule has 6 heteroatoms. The van der Waals surface area contributed by atoms with E-state index in [2.05, 4.69) is 0 Å². The number of esters is 1. The predicted octanol–water partition coefficient (Wildman–Crippen LogP) is 4.07. The lowest BCUT2D eigenvalue weighted by Gasteiger charge is -2.07. The highest BCUT2D eigenvalue weighted by Gasteiger charge is 2.11. The smallest absolute Gasteiger partial charge is 0.338 e. The number of benzene rings is 2. The maximum atomic E-state index is 13.1. The lowest BCUT2D eigenvalue weighted by Crippen LogP contribution is -2.06. The second kappa shape index (κ2) is 6.11. The third-order valence-corrected chi connectivity index (χ3v) is 3.31. The maximum Gasteiger partial charge on any atom is 0.338 e. The highest BCUT2D eigenvalue weighted by molar-refractivity contribution is 6.33. The minimum Gasteiger partial charge on any atom is -0.457 e. The van der Waals surface area contributed by atoms with Gasteiger partial charge in [-0.3, -0.25) is 0 Å². The SMILES string of the molecule is Nc1cc(C(=O)OCc2cc(F)ccc2Cl)ccc1Cl. The molecule has 0 aliphatic carbocycles. The van der Waals surface area contributed by atoms with Gasteiger partial charge in [0.15, 0.2) is 0 Å². The van der Waals surface area contributed by atoms with E-state index in [9.17, 15) is 9.18 Å². The van der Waals surface area contributed by atoms with Crippen LogP contribution in [0.1, 0.15) is 15.9 Å². The van der Waals surface area contributed by atoms with E-state index in [4.69, 9.17) is 33.7 Å². The van der Waals surface area contributed by atoms with Crippen LogP contribution in [0.5, 0.6) is 0 Å². The Morgan fingerprint density at radius 2 is 1.85 bits per heavy atom. The minimum absolute atomic E-state index is 0.127. The van der Waals surface area contributed by atoms with E-state index >= 15 is 0 Å². The number of carbonyl (C=O) groups is 1. The van der Waals surface area contributed by atoms with Crippen molar-refractivity contribution in [2.24, 2.45) is 0 Å². The van der Waals surface area contributed by atoms with Crippen LogP contribution in [0, 0.1) is 5.82 Å². The average molecular weight is 314 g/mol. The van der Waals surface area contributed by atoms with Gasteiger partial charge in [-0.15, -0.1) is 0 Å². The van der Waals surface area contributed by atoms with Gasteiger partial charge in [0.05, 0.1) is 16.3 Å². The zero-order valence-electron chi connectivity index (χ0n) is 10.2. The normalized spacial score (nSPS) is 10.3. The van der Waals surface area contributed by atoms with E-state index < -0.39 is 11.8 Å². The van der Waals surface area contributed by atoms with Gasteiger partial charge in [-0.25, -0.2) is 9.18 Å². The van der Waals surface area contributed by atoms with Gasteiger partial charge in [-0.05, 0) is 36.4 Å². The van der Waals surface area contributed by atoms with E-state index in [0.29, 0.717) is 15.6 Å². The predicted molar refractivity (Wildman–Crippen MR) is 76.4 cm³/mol. The topological polar surface area (TPSA) is 52.3 Å². The number of rotatable bonds is 3. The van der Waals surface area contributed by atoms with Crippen molar-refractivity contribution >= 4 is 34.9 Å². The molecule has 2 rings (SSSR count). The number of halogens is 3. The molecule has 0 aromatic heterocycles. The van der Waals surface area contributed by atoms with Gasteiger partial charge < -0.3 is 10.5 Å². The van der Waals surface area contributed by atoms with Gasteiger partial charge in [-0.2, -0.15) is 0 Å². The number of carbonyl (C=O) groups excluding carboxylic acids is 1. The lowest BCUT2D eigenvalue weighted by atomic mass is 10.2. The summed E-state index contributed by atoms with van der Waals surface area (Å²) in [6.45, 7) is -0.127. The Hall–Kier alpha value is -1.78. The van der Waals surface area contributed by atoms with E-state index in [1.807, 2.05) is 0 Å². The first kappa shape index (κ1) is 14.6. The molecule has 0 radical (unpaired) electrons. The Bertz CT molecular complexity index is 662. The van der Waals surface area contributed by atoms with Crippen LogP contribution >= 0.6 is 23.2 Å². The monoisotopic (exact) mass is 313 g/mol. The largest absolute Gasteiger partial charge is 0.457 e. The first-order valence-electron chi connectivity index (χ1n) is 5.63. The molecule has 0 spiro atoms. The van der Waals surface area contributed by atoms with Crippen LogP contribution in [0.25, 0.3) is 0 Å². The third kappa shape index (κ3) is 3.40. The molecule has 0 saturated heterocycles. The molecule has 3 nitrogen and oxygen atoms in total. The fourth-order valence-corrected chi connectivity index (χ4v) is 1.84. The lowest BCUT2D eigenvalue weighted by molar-refractivity contribution is 0.0472. The van der Waals surface area contributed by atoms with Gasteiger partial charge in [0.25, 0.3) is 0 Å². The van der Waals surface area contributed by atoms with Crippen molar-refractivity contribution in [3.63, 3.8) is 0 Å². The Morgan fingerprint density at radius 3 is 2.55 bits per heavy atom. The van der Waals surface area contributed by atoms with Gasteiger partial charge in [0, 0.05) is 10.6 Å². The summed E-state index contributed by atoms with van der Waals surface area (Å²) >= 11 is 11.6. The number of nitrogen functional groups attached to an aromatic ring is 1. The van der Waals surface area contributed by atoms with Crippen molar-refractivity contribution in [2.75, 3.05) is 5.73 Å². The maximum absolute atomic E-state index is 13.1. The molecule has 0 amide bonds. The summed E-state index contributed by atoms with van der Waals surface area (Å²) < 4.78 is 18.1. The molecular formula is C14H10Cl2FNO2. The second-order valence-corrected chi connectivity index (χ2v) is 4.86. The molecule has 0 heterocycles. The molecular weight excluding hydrogens is 304 g/mol. The quantitative estimate of drug-likeness (QED) is 0.686. The molecule has 2 aromatic rings. The Labute approximate surface area is 125 Å². The molecule has 0 atom stereocenters. The summed E-state index contributed by atoms with van der Waals surface area (Å²) in [5, 5.41) is 0.685. The zero-order valence-corrected chi connectivity index (χ0v) is 11.7. The van der Waals surface area contributed by atoms with Crippen LogP contribution < -0.4 is 5.73 Å². The van der Waals surface area contributed by atoms with Crippen molar-refractivity contribution in [3.05, 3.63) is 63.4 Å². The molecule has 0 bridgehead atoms. The fraction of sp³-hybridized carbons (Fsp3) is 0.0714. The number of anilines is 1. The van der Waals surface area contributed by atoms with Crippen LogP contribution in [0.3, 0.4) is 0 Å². The summed E-state index contributed by atoms with van der Waals surface area (Å²) in [6, 6.07) is 8.26. The number of hydrogen-bond acceptors (Lipinski definition) is 3. The summed E-state index contributed by atoms with van der Waals surface area (Å²) in [7, 11) is 0. The second-order valence-electron chi connectivity index (χ2n) is 4.05. The van der Waals surface area contributed by atoms with Crippen molar-refractivity contribution in [1.82, 2.24) is 0 Å². The Morgan fingerprint density at radius 1 is 1.15 bits per heavy atom. The molecule has 2 N–H and O–H groups in total. The van der Waals surface area contributed by atoms with Crippen LogP contribution in [0.4, 0.5) is 10.1 Å². The van der Waals surface area contributed by atoms with Crippen LogP contribution in [0.15, 0.2) is 36.4 Å². The summed E-state index contributed by atoms with van der Waals surface area (Å²) in [6.07, 6.45) is 0. The van der Waals surface area contributed by atoms with E-state index in [1.54, 1.807) is 0 Å². The minimum atomic E-state index is -0.589. The molecule has 20 heavy (non-hydrogen) atoms. The van der Waals surface area contributed by atoms with Crippen molar-refractivity contribution in [1.29, 1.82) is 0 Å². The molecule has 0 aliphatic rings. The van der Waals surface area contributed by atoms with Crippen LogP contribution in [-0.4, -0.2) is 5.97 Å². The number of nitrogens with two attached hydrogens (primary N) is 1. The molecule has 0 unspecified atom stereocenters. The van der Waals surface area contributed by atoms with Crippen molar-refractivity contribution in [2.45, 2.75) is 6.61 Å². The third-order valence-electron chi connectivity index (χ3n) is 2.60. The summed E-state index contributed by atoms with van der Waals surface area (Å²) in [4.78, 5) is 11.8. The number of hydrogen-bond donors (Lipinski definition) is 1. The molecule has 0 saturated carbocycles. The first-order valence-corrected chi connectivity index (χ1v) is 6.39. The average Bonchev–Trinajstić information content (AvgIpc) is 2.42. The van der Waals surface area contributed by atoms with Crippen molar-refractivity contribution < 1.29 is 13.9 Å². The first-order chi connectivity index (χ1) is 9.47. The standard InChI is InChI=1S/C14H10Cl2FNO2/c15-11-4-2-10(17)5-9(11)7-20-14(19)8-1-3-12(16)13(18)6-8/h1-6H,7,18H2. The van der Waals surface area contributed by atoms with Crippen molar-refractivity contribution in [3.8, 4) is 0 Å². The van der Waals surface area contributed by atoms with Gasteiger partial charge >= 0.3 is 5.97 Å². The highest BCUT2D eigenvalue weighted by atomic mass is 35.5. The van der Waals surface area contributed by atoms with Crippen LogP contribution in [-0.2, 0) is 11.3 Å². The highest BCUT2D eigenvalue weighted by Crippen LogP contribution is 2.21. The van der Waals surface area contributed by atoms with E-state index in [0.717, 1.165) is 0 Å². The van der Waals surface area contributed by atoms with Gasteiger partial charge in [-0.1, -0.05) is 23.2 Å². The van der Waals surface area contributed by atoms with Crippen LogP contribution in [0.2, 0.25) is 10.0 Å². The van der Waals surface area contributed by atoms with E-state index in [1.165, 1.54) is 36.4 Å². The summed E-state index contributed by atoms with van der Waals surface area (Å²) in [5.41, 5.74) is 6.54. The number of ether oxygens (including phenoxy) is 1. The molecule has 104 valence electrons. The zero-order chi connectivity index (χ0) is 14.7. The summed E-state index contributed by atoms with van der Waals surface area (Å²) in [5.74, 6) is -1.04. The molecule has 2 aromatic carbocycles. The Kier molecular flexibility index (Phi) is 4.47.